The number of alkyl halides is 2. The minimum Gasteiger partial charge on any atom is -0.486 e. The molecule has 0 saturated carbocycles. The number of halogens is 3. The number of ether oxygens (including phenoxy) is 2. The summed E-state index contributed by atoms with van der Waals surface area (Å²) in [5, 5.41) is 13.6. The van der Waals surface area contributed by atoms with Crippen LogP contribution < -0.4 is 14.8 Å². The van der Waals surface area contributed by atoms with Crippen LogP contribution in [-0.4, -0.2) is 66.5 Å². The van der Waals surface area contributed by atoms with Crippen molar-refractivity contribution in [2.24, 2.45) is 0 Å². The smallest absolute Gasteiger partial charge is 0.352 e. The maximum absolute atomic E-state index is 15.1. The Hall–Kier alpha value is -3.01. The van der Waals surface area contributed by atoms with Gasteiger partial charge in [-0.3, -0.25) is 9.59 Å². The van der Waals surface area contributed by atoms with Gasteiger partial charge in [0.15, 0.2) is 17.3 Å². The van der Waals surface area contributed by atoms with Gasteiger partial charge in [-0.15, -0.1) is 0 Å². The van der Waals surface area contributed by atoms with Crippen LogP contribution in [0.5, 0.6) is 11.5 Å². The van der Waals surface area contributed by atoms with Gasteiger partial charge in [0.05, 0.1) is 11.6 Å². The van der Waals surface area contributed by atoms with Gasteiger partial charge in [-0.2, -0.15) is 8.78 Å². The summed E-state index contributed by atoms with van der Waals surface area (Å²) < 4.78 is 41.3. The number of rotatable bonds is 9. The molecule has 0 aromatic heterocycles. The summed E-state index contributed by atoms with van der Waals surface area (Å²) in [5.74, 6) is -6.09. The number of likely N-dealkylation sites (tertiary alicyclic amines) is 1. The number of ketones is 1. The molecule has 36 heavy (non-hydrogen) atoms. The maximum Gasteiger partial charge on any atom is 0.352 e. The molecular formula is C26H27ClF2N2O5. The van der Waals surface area contributed by atoms with E-state index in [2.05, 4.69) is 11.9 Å². The van der Waals surface area contributed by atoms with Crippen molar-refractivity contribution in [3.8, 4) is 11.5 Å². The first-order chi connectivity index (χ1) is 17.2. The van der Waals surface area contributed by atoms with Crippen molar-refractivity contribution in [3.63, 3.8) is 0 Å². The van der Waals surface area contributed by atoms with Crippen molar-refractivity contribution < 1.29 is 33.0 Å². The fourth-order valence-corrected chi connectivity index (χ4v) is 4.48. The molecule has 192 valence electrons. The van der Waals surface area contributed by atoms with E-state index in [1.54, 1.807) is 18.2 Å². The van der Waals surface area contributed by atoms with Crippen molar-refractivity contribution in [2.75, 3.05) is 32.8 Å². The van der Waals surface area contributed by atoms with Gasteiger partial charge >= 0.3 is 5.92 Å². The highest BCUT2D eigenvalue weighted by Gasteiger charge is 2.46. The number of nitrogens with zero attached hydrogens (tertiary/aromatic N) is 1. The van der Waals surface area contributed by atoms with Crippen LogP contribution in [0.25, 0.3) is 0 Å². The number of carbonyl (C=O) groups is 2. The molecule has 4 rings (SSSR count). The first kappa shape index (κ1) is 26.1. The third-order valence-electron chi connectivity index (χ3n) is 6.28. The summed E-state index contributed by atoms with van der Waals surface area (Å²) in [7, 11) is 0. The van der Waals surface area contributed by atoms with Gasteiger partial charge in [0.1, 0.15) is 19.3 Å². The van der Waals surface area contributed by atoms with Gasteiger partial charge in [-0.05, 0) is 55.8 Å². The fraction of sp³-hybridized carbons (Fsp3) is 0.385. The van der Waals surface area contributed by atoms with Crippen LogP contribution in [0.3, 0.4) is 0 Å². The highest BCUT2D eigenvalue weighted by atomic mass is 35.5. The second-order valence-corrected chi connectivity index (χ2v) is 9.26. The largest absolute Gasteiger partial charge is 0.486 e. The highest BCUT2D eigenvalue weighted by molar-refractivity contribution is 6.31. The average molecular weight is 521 g/mol. The molecule has 2 heterocycles. The van der Waals surface area contributed by atoms with Gasteiger partial charge < -0.3 is 24.8 Å². The van der Waals surface area contributed by atoms with Crippen molar-refractivity contribution >= 4 is 23.3 Å². The molecule has 0 bridgehead atoms. The van der Waals surface area contributed by atoms with Gasteiger partial charge in [-0.25, -0.2) is 0 Å². The van der Waals surface area contributed by atoms with E-state index in [1.807, 2.05) is 4.90 Å². The van der Waals surface area contributed by atoms with Crippen LogP contribution in [0.2, 0.25) is 5.02 Å². The van der Waals surface area contributed by atoms with E-state index in [9.17, 15) is 14.7 Å². The second kappa shape index (κ2) is 10.9. The topological polar surface area (TPSA) is 88.1 Å². The van der Waals surface area contributed by atoms with Crippen LogP contribution in [0.4, 0.5) is 8.78 Å². The Morgan fingerprint density at radius 3 is 2.50 bits per heavy atom. The Morgan fingerprint density at radius 1 is 1.11 bits per heavy atom. The van der Waals surface area contributed by atoms with Crippen molar-refractivity contribution in [1.82, 2.24) is 10.2 Å². The lowest BCUT2D eigenvalue weighted by atomic mass is 9.97. The average Bonchev–Trinajstić information content (AvgIpc) is 3.39. The Labute approximate surface area is 212 Å². The number of Topliss-reactive ketones (excluding diaryl/α,β-unsaturated/α-hetero) is 1. The van der Waals surface area contributed by atoms with E-state index in [0.717, 1.165) is 25.9 Å². The van der Waals surface area contributed by atoms with Gasteiger partial charge in [0.25, 0.3) is 5.91 Å². The molecule has 0 unspecified atom stereocenters. The summed E-state index contributed by atoms with van der Waals surface area (Å²) in [5.41, 5.74) is -0.915. The lowest BCUT2D eigenvalue weighted by molar-refractivity contribution is -0.142. The number of fused-ring (bicyclic) bond motifs is 1. The van der Waals surface area contributed by atoms with Gasteiger partial charge in [0.2, 0.25) is 0 Å². The molecule has 1 saturated heterocycles. The molecule has 2 aliphatic rings. The lowest BCUT2D eigenvalue weighted by Crippen LogP contribution is -2.52. The maximum atomic E-state index is 15.1. The Bertz CT molecular complexity index is 1150. The first-order valence-corrected chi connectivity index (χ1v) is 12.0. The summed E-state index contributed by atoms with van der Waals surface area (Å²) in [6.07, 6.45) is 0.544. The summed E-state index contributed by atoms with van der Waals surface area (Å²) in [6, 6.07) is 9.19. The predicted octanol–water partition coefficient (Wildman–Crippen LogP) is 3.80. The molecule has 2 N–H and O–H groups in total. The molecule has 2 aromatic rings. The normalized spacial score (nSPS) is 17.3. The van der Waals surface area contributed by atoms with Crippen LogP contribution in [0.1, 0.15) is 34.9 Å². The number of hydrogen-bond acceptors (Lipinski definition) is 6. The van der Waals surface area contributed by atoms with Crippen molar-refractivity contribution in [2.45, 2.75) is 30.9 Å². The summed E-state index contributed by atoms with van der Waals surface area (Å²) >= 11 is 5.86. The molecule has 10 heteroatoms. The highest BCUT2D eigenvalue weighted by Crippen LogP contribution is 2.34. The molecule has 7 nitrogen and oxygen atoms in total. The molecule has 1 fully saturated rings. The molecule has 1 amide bonds. The molecule has 2 aromatic carbocycles. The van der Waals surface area contributed by atoms with E-state index in [-0.39, 0.29) is 17.1 Å². The predicted molar refractivity (Wildman–Crippen MR) is 130 cm³/mol. The number of benzene rings is 2. The number of amides is 1. The van der Waals surface area contributed by atoms with Crippen molar-refractivity contribution in [1.29, 1.82) is 0 Å². The first-order valence-electron chi connectivity index (χ1n) is 11.6. The van der Waals surface area contributed by atoms with Gasteiger partial charge in [-0.1, -0.05) is 36.4 Å². The summed E-state index contributed by atoms with van der Waals surface area (Å²) in [4.78, 5) is 27.4. The van der Waals surface area contributed by atoms with E-state index in [0.29, 0.717) is 30.3 Å². The van der Waals surface area contributed by atoms with E-state index in [4.69, 9.17) is 21.1 Å². The zero-order chi connectivity index (χ0) is 25.9. The number of carbonyl (C=O) groups excluding carboxylic acids is 2. The van der Waals surface area contributed by atoms with E-state index >= 15 is 8.78 Å². The quantitative estimate of drug-likeness (QED) is 0.386. The third kappa shape index (κ3) is 5.69. The SMILES string of the molecule is C=C(C(=O)c1cccc(Cl)c1)C(F)(F)C(=O)N[C@H](CN1CCCC1)[C@H](O)c1ccc2c(c1)OCCO2. The number of hydrogen-bond donors (Lipinski definition) is 2. The van der Waals surface area contributed by atoms with E-state index < -0.39 is 35.3 Å². The number of nitrogens with one attached hydrogen (secondary N) is 1. The van der Waals surface area contributed by atoms with Crippen LogP contribution in [-0.2, 0) is 4.79 Å². The zero-order valence-electron chi connectivity index (χ0n) is 19.5. The fourth-order valence-electron chi connectivity index (χ4n) is 4.29. The molecular weight excluding hydrogens is 494 g/mol. The molecule has 0 spiro atoms. The van der Waals surface area contributed by atoms with E-state index in [1.165, 1.54) is 24.3 Å². The third-order valence-corrected chi connectivity index (χ3v) is 6.52. The minimum absolute atomic E-state index is 0.107. The van der Waals surface area contributed by atoms with Crippen LogP contribution in [0.15, 0.2) is 54.6 Å². The minimum atomic E-state index is -4.21. The van der Waals surface area contributed by atoms with Gasteiger partial charge in [0, 0.05) is 17.1 Å². The lowest BCUT2D eigenvalue weighted by Gasteiger charge is -2.30. The van der Waals surface area contributed by atoms with Crippen LogP contribution in [0, 0.1) is 0 Å². The number of aliphatic hydroxyl groups is 1. The van der Waals surface area contributed by atoms with Crippen molar-refractivity contribution in [3.05, 3.63) is 70.8 Å². The Balaban J connectivity index is 1.54. The Kier molecular flexibility index (Phi) is 7.92. The Morgan fingerprint density at radius 2 is 1.81 bits per heavy atom. The summed E-state index contributed by atoms with van der Waals surface area (Å²) in [6.45, 7) is 5.53. The second-order valence-electron chi connectivity index (χ2n) is 8.83. The molecule has 0 aliphatic carbocycles. The van der Waals surface area contributed by atoms with Crippen LogP contribution >= 0.6 is 11.6 Å². The standard InChI is InChI=1S/C26H27ClF2N2O5/c1-16(23(32)17-5-4-6-19(27)13-17)26(28,29)25(34)30-20(15-31-9-2-3-10-31)24(33)18-7-8-21-22(14-18)36-12-11-35-21/h4-8,13-14,20,24,33H,1-3,9-12,15H2,(H,30,34)/t20-,24-/m1/s1. The molecule has 2 atom stereocenters. The molecule has 2 aliphatic heterocycles. The number of aliphatic hydroxyl groups excluding tert-OH is 1. The molecule has 0 radical (unpaired) electrons. The zero-order valence-corrected chi connectivity index (χ0v) is 20.3. The monoisotopic (exact) mass is 520 g/mol.